The first-order chi connectivity index (χ1) is 9.26. The fourth-order valence-corrected chi connectivity index (χ4v) is 2.82. The Morgan fingerprint density at radius 3 is 2.25 bits per heavy atom. The topological polar surface area (TPSA) is 66.8 Å². The monoisotopic (exact) mass is 303 g/mol. The largest absolute Gasteiger partial charge is 0.480 e. The number of carboxylic acid groups (broad SMARTS) is 1. The summed E-state index contributed by atoms with van der Waals surface area (Å²) < 4.78 is 5.38. The molecule has 6 heteroatoms. The number of hydrogen-bond donors (Lipinski definition) is 2. The fraction of sp³-hybridized carbons (Fsp3) is 0.857. The standard InChI is InChI=1S/C14H25NO4S/c1-14(2,3)19-13(18)15(11(9-20)12(16)17)10-7-5-4-6-8-10/h10-11,20H,4-9H2,1-3H3,(H,16,17)/t11-/m0/s1. The fourth-order valence-electron chi connectivity index (χ4n) is 2.49. The van der Waals surface area contributed by atoms with Crippen molar-refractivity contribution in [3.63, 3.8) is 0 Å². The molecule has 0 heterocycles. The van der Waals surface area contributed by atoms with Gasteiger partial charge in [-0.3, -0.25) is 4.90 Å². The third-order valence-corrected chi connectivity index (χ3v) is 3.71. The van der Waals surface area contributed by atoms with Gasteiger partial charge in [-0.25, -0.2) is 9.59 Å². The number of amides is 1. The second kappa shape index (κ2) is 7.20. The second-order valence-electron chi connectivity index (χ2n) is 6.22. The first-order valence-electron chi connectivity index (χ1n) is 7.11. The lowest BCUT2D eigenvalue weighted by Crippen LogP contribution is -2.53. The maximum absolute atomic E-state index is 12.4. The van der Waals surface area contributed by atoms with Gasteiger partial charge < -0.3 is 9.84 Å². The minimum Gasteiger partial charge on any atom is -0.480 e. The molecule has 116 valence electrons. The predicted octanol–water partition coefficient (Wildman–Crippen LogP) is 2.94. The molecule has 1 aliphatic carbocycles. The Morgan fingerprint density at radius 1 is 1.30 bits per heavy atom. The van der Waals surface area contributed by atoms with Crippen molar-refractivity contribution in [2.75, 3.05) is 5.75 Å². The van der Waals surface area contributed by atoms with E-state index in [9.17, 15) is 14.7 Å². The van der Waals surface area contributed by atoms with E-state index in [0.29, 0.717) is 0 Å². The second-order valence-corrected chi connectivity index (χ2v) is 6.58. The average Bonchev–Trinajstić information content (AvgIpc) is 2.33. The molecule has 0 bridgehead atoms. The van der Waals surface area contributed by atoms with E-state index in [-0.39, 0.29) is 11.8 Å². The summed E-state index contributed by atoms with van der Waals surface area (Å²) in [6, 6.07) is -0.997. The lowest BCUT2D eigenvalue weighted by Gasteiger charge is -2.38. The molecule has 0 aromatic rings. The van der Waals surface area contributed by atoms with Gasteiger partial charge in [0, 0.05) is 11.8 Å². The summed E-state index contributed by atoms with van der Waals surface area (Å²) >= 11 is 4.09. The SMILES string of the molecule is CC(C)(C)OC(=O)N(C1CCCCC1)[C@@H](CS)C(=O)O. The van der Waals surface area contributed by atoms with Crippen LogP contribution in [0.1, 0.15) is 52.9 Å². The minimum atomic E-state index is -1.03. The van der Waals surface area contributed by atoms with Gasteiger partial charge in [-0.05, 0) is 33.6 Å². The van der Waals surface area contributed by atoms with Gasteiger partial charge in [0.25, 0.3) is 0 Å². The van der Waals surface area contributed by atoms with Crippen LogP contribution in [0.4, 0.5) is 4.79 Å². The Morgan fingerprint density at radius 2 is 1.85 bits per heavy atom. The van der Waals surface area contributed by atoms with Crippen molar-refractivity contribution >= 4 is 24.7 Å². The lowest BCUT2D eigenvalue weighted by atomic mass is 9.93. The molecule has 5 nitrogen and oxygen atoms in total. The van der Waals surface area contributed by atoms with Crippen molar-refractivity contribution in [2.24, 2.45) is 0 Å². The van der Waals surface area contributed by atoms with Crippen LogP contribution >= 0.6 is 12.6 Å². The lowest BCUT2D eigenvalue weighted by molar-refractivity contribution is -0.143. The predicted molar refractivity (Wildman–Crippen MR) is 80.2 cm³/mol. The summed E-state index contributed by atoms with van der Waals surface area (Å²) in [6.45, 7) is 5.33. The number of ether oxygens (including phenoxy) is 1. The van der Waals surface area contributed by atoms with E-state index in [1.165, 1.54) is 4.90 Å². The molecule has 0 saturated heterocycles. The van der Waals surface area contributed by atoms with Gasteiger partial charge in [-0.2, -0.15) is 12.6 Å². The molecule has 1 saturated carbocycles. The van der Waals surface area contributed by atoms with Gasteiger partial charge in [0.15, 0.2) is 0 Å². The van der Waals surface area contributed by atoms with Crippen molar-refractivity contribution in [3.8, 4) is 0 Å². The van der Waals surface area contributed by atoms with Crippen molar-refractivity contribution in [2.45, 2.75) is 70.6 Å². The van der Waals surface area contributed by atoms with Gasteiger partial charge in [0.05, 0.1) is 0 Å². The summed E-state index contributed by atoms with van der Waals surface area (Å²) in [7, 11) is 0. The summed E-state index contributed by atoms with van der Waals surface area (Å²) in [5, 5.41) is 9.32. The van der Waals surface area contributed by atoms with E-state index in [4.69, 9.17) is 4.74 Å². The molecule has 0 spiro atoms. The van der Waals surface area contributed by atoms with Crippen LogP contribution in [0, 0.1) is 0 Å². The van der Waals surface area contributed by atoms with Crippen LogP contribution < -0.4 is 0 Å². The van der Waals surface area contributed by atoms with E-state index in [1.54, 1.807) is 20.8 Å². The molecule has 1 amide bonds. The Balaban J connectivity index is 2.93. The van der Waals surface area contributed by atoms with Crippen LogP contribution in [0.3, 0.4) is 0 Å². The average molecular weight is 303 g/mol. The third kappa shape index (κ3) is 4.89. The number of nitrogens with zero attached hydrogens (tertiary/aromatic N) is 1. The summed E-state index contributed by atoms with van der Waals surface area (Å²) in [5.41, 5.74) is -0.635. The summed E-state index contributed by atoms with van der Waals surface area (Å²) in [6.07, 6.45) is 4.28. The maximum atomic E-state index is 12.4. The molecule has 0 radical (unpaired) electrons. The smallest absolute Gasteiger partial charge is 0.411 e. The first-order valence-corrected chi connectivity index (χ1v) is 7.74. The zero-order valence-electron chi connectivity index (χ0n) is 12.5. The molecule has 1 rings (SSSR count). The van der Waals surface area contributed by atoms with Gasteiger partial charge in [-0.1, -0.05) is 19.3 Å². The number of rotatable bonds is 4. The quantitative estimate of drug-likeness (QED) is 0.784. The summed E-state index contributed by atoms with van der Waals surface area (Å²) in [5.74, 6) is -0.943. The highest BCUT2D eigenvalue weighted by atomic mass is 32.1. The number of thiol groups is 1. The minimum absolute atomic E-state index is 0.0631. The van der Waals surface area contributed by atoms with Crippen LogP contribution in [0.2, 0.25) is 0 Å². The third-order valence-electron chi connectivity index (χ3n) is 3.37. The van der Waals surface area contributed by atoms with E-state index in [1.807, 2.05) is 0 Å². The van der Waals surface area contributed by atoms with Crippen molar-refractivity contribution in [1.29, 1.82) is 0 Å². The van der Waals surface area contributed by atoms with Crippen LogP contribution in [-0.4, -0.2) is 45.5 Å². The van der Waals surface area contributed by atoms with E-state index >= 15 is 0 Å². The van der Waals surface area contributed by atoms with Crippen LogP contribution in [0.5, 0.6) is 0 Å². The molecule has 1 aliphatic rings. The highest BCUT2D eigenvalue weighted by Gasteiger charge is 2.37. The molecule has 0 aromatic heterocycles. The molecule has 1 N–H and O–H groups in total. The molecule has 1 fully saturated rings. The Bertz CT molecular complexity index is 348. The van der Waals surface area contributed by atoms with E-state index < -0.39 is 23.7 Å². The number of hydrogen-bond acceptors (Lipinski definition) is 4. The Kier molecular flexibility index (Phi) is 6.17. The van der Waals surface area contributed by atoms with E-state index in [2.05, 4.69) is 12.6 Å². The van der Waals surface area contributed by atoms with Gasteiger partial charge >= 0.3 is 12.1 Å². The van der Waals surface area contributed by atoms with Crippen molar-refractivity contribution in [3.05, 3.63) is 0 Å². The Labute approximate surface area is 126 Å². The molecule has 0 aromatic carbocycles. The van der Waals surface area contributed by atoms with Crippen molar-refractivity contribution < 1.29 is 19.4 Å². The molecular weight excluding hydrogens is 278 g/mol. The Hall–Kier alpha value is -0.910. The normalized spacial score (nSPS) is 18.4. The molecule has 0 unspecified atom stereocenters. The number of carbonyl (C=O) groups is 2. The molecule has 1 atom stereocenters. The molecule has 20 heavy (non-hydrogen) atoms. The maximum Gasteiger partial charge on any atom is 0.411 e. The highest BCUT2D eigenvalue weighted by molar-refractivity contribution is 7.80. The van der Waals surface area contributed by atoms with E-state index in [0.717, 1.165) is 32.1 Å². The molecule has 0 aliphatic heterocycles. The first kappa shape index (κ1) is 17.1. The van der Waals surface area contributed by atoms with Crippen molar-refractivity contribution in [1.82, 2.24) is 4.90 Å². The summed E-state index contributed by atoms with van der Waals surface area (Å²) in [4.78, 5) is 25.1. The van der Waals surface area contributed by atoms with Crippen LogP contribution in [0.15, 0.2) is 0 Å². The number of aliphatic carboxylic acids is 1. The number of carbonyl (C=O) groups excluding carboxylic acids is 1. The highest BCUT2D eigenvalue weighted by Crippen LogP contribution is 2.26. The van der Waals surface area contributed by atoms with Gasteiger partial charge in [0.1, 0.15) is 11.6 Å². The van der Waals surface area contributed by atoms with Gasteiger partial charge in [-0.15, -0.1) is 0 Å². The molecular formula is C14H25NO4S. The van der Waals surface area contributed by atoms with Gasteiger partial charge in [0.2, 0.25) is 0 Å². The van der Waals surface area contributed by atoms with Crippen LogP contribution in [-0.2, 0) is 9.53 Å². The zero-order valence-corrected chi connectivity index (χ0v) is 13.4. The number of carboxylic acids is 1. The van der Waals surface area contributed by atoms with Crippen LogP contribution in [0.25, 0.3) is 0 Å². The zero-order chi connectivity index (χ0) is 15.3.